The lowest BCUT2D eigenvalue weighted by atomic mass is 10.1. The maximum Gasteiger partial charge on any atom is 0.328 e. The number of ether oxygens (including phenoxy) is 1. The summed E-state index contributed by atoms with van der Waals surface area (Å²) in [4.78, 5) is 36.7. The van der Waals surface area contributed by atoms with Crippen LogP contribution in [0.25, 0.3) is 0 Å². The van der Waals surface area contributed by atoms with Crippen LogP contribution in [0, 0.1) is 0 Å². The van der Waals surface area contributed by atoms with E-state index >= 15 is 0 Å². The highest BCUT2D eigenvalue weighted by molar-refractivity contribution is 5.76. The summed E-state index contributed by atoms with van der Waals surface area (Å²) in [7, 11) is 0. The monoisotopic (exact) mass is 331 g/mol. The molecule has 1 aromatic heterocycles. The van der Waals surface area contributed by atoms with Crippen molar-refractivity contribution < 1.29 is 9.53 Å². The van der Waals surface area contributed by atoms with E-state index < -0.39 is 11.2 Å². The summed E-state index contributed by atoms with van der Waals surface area (Å²) in [6.07, 6.45) is 1.40. The molecule has 0 aliphatic rings. The van der Waals surface area contributed by atoms with E-state index in [9.17, 15) is 14.4 Å². The first-order valence-electron chi connectivity index (χ1n) is 7.71. The highest BCUT2D eigenvalue weighted by Gasteiger charge is 2.11. The fourth-order valence-corrected chi connectivity index (χ4v) is 2.20. The largest absolute Gasteiger partial charge is 0.491 e. The summed E-state index contributed by atoms with van der Waals surface area (Å²) in [5.41, 5.74) is -0.178. The number of aromatic nitrogens is 2. The van der Waals surface area contributed by atoms with Crippen molar-refractivity contribution >= 4 is 5.91 Å². The Bertz CT molecular complexity index is 806. The van der Waals surface area contributed by atoms with Crippen molar-refractivity contribution in [2.75, 3.05) is 0 Å². The van der Waals surface area contributed by atoms with Crippen LogP contribution in [-0.4, -0.2) is 21.6 Å². The topological polar surface area (TPSA) is 93.2 Å². The molecule has 0 saturated heterocycles. The number of amides is 1. The molecule has 2 rings (SSSR count). The molecule has 7 heteroatoms. The minimum absolute atomic E-state index is 0.101. The summed E-state index contributed by atoms with van der Waals surface area (Å²) in [6, 6.07) is 8.45. The number of H-pyrrole nitrogens is 1. The second kappa shape index (κ2) is 7.63. The van der Waals surface area contributed by atoms with Gasteiger partial charge in [0.25, 0.3) is 5.56 Å². The van der Waals surface area contributed by atoms with E-state index in [4.69, 9.17) is 4.74 Å². The molecule has 0 unspecified atom stereocenters. The molecule has 0 saturated carbocycles. The third kappa shape index (κ3) is 4.84. The van der Waals surface area contributed by atoms with Crippen LogP contribution < -0.4 is 21.3 Å². The average molecular weight is 331 g/mol. The maximum atomic E-state index is 12.1. The minimum atomic E-state index is -0.611. The predicted octanol–water partition coefficient (Wildman–Crippen LogP) is 1.20. The highest BCUT2D eigenvalue weighted by Crippen LogP contribution is 2.18. The first kappa shape index (κ1) is 17.5. The predicted molar refractivity (Wildman–Crippen MR) is 90.1 cm³/mol. The van der Waals surface area contributed by atoms with Gasteiger partial charge in [0.2, 0.25) is 5.91 Å². The molecule has 1 aromatic carbocycles. The number of hydrogen-bond donors (Lipinski definition) is 2. The lowest BCUT2D eigenvalue weighted by Crippen LogP contribution is -2.36. The van der Waals surface area contributed by atoms with Gasteiger partial charge in [0.05, 0.1) is 12.1 Å². The van der Waals surface area contributed by atoms with E-state index in [-0.39, 0.29) is 24.6 Å². The number of carbonyl (C=O) groups is 1. The fraction of sp³-hybridized carbons (Fsp3) is 0.353. The Balaban J connectivity index is 1.98. The number of aromatic amines is 1. The Hall–Kier alpha value is -2.83. The van der Waals surface area contributed by atoms with Crippen LogP contribution in [0.15, 0.2) is 46.1 Å². The van der Waals surface area contributed by atoms with Gasteiger partial charge in [0, 0.05) is 12.3 Å². The van der Waals surface area contributed by atoms with Gasteiger partial charge in [-0.25, -0.2) is 4.79 Å². The summed E-state index contributed by atoms with van der Waals surface area (Å²) in [5, 5.41) is 2.82. The third-order valence-corrected chi connectivity index (χ3v) is 3.34. The van der Waals surface area contributed by atoms with Gasteiger partial charge in [-0.15, -0.1) is 0 Å². The van der Waals surface area contributed by atoms with Crippen molar-refractivity contribution in [3.8, 4) is 5.75 Å². The zero-order chi connectivity index (χ0) is 17.7. The molecular weight excluding hydrogens is 310 g/mol. The van der Waals surface area contributed by atoms with Crippen LogP contribution >= 0.6 is 0 Å². The smallest absolute Gasteiger partial charge is 0.328 e. The maximum absolute atomic E-state index is 12.1. The third-order valence-electron chi connectivity index (χ3n) is 3.34. The molecule has 24 heavy (non-hydrogen) atoms. The van der Waals surface area contributed by atoms with Gasteiger partial charge < -0.3 is 10.1 Å². The summed E-state index contributed by atoms with van der Waals surface area (Å²) in [6.45, 7) is 5.60. The van der Waals surface area contributed by atoms with E-state index in [1.54, 1.807) is 0 Å². The second-order valence-corrected chi connectivity index (χ2v) is 5.76. The van der Waals surface area contributed by atoms with Crippen molar-refractivity contribution in [3.05, 3.63) is 62.9 Å². The number of benzene rings is 1. The van der Waals surface area contributed by atoms with Gasteiger partial charge in [-0.3, -0.25) is 19.1 Å². The molecular formula is C17H21N3O4. The van der Waals surface area contributed by atoms with Crippen molar-refractivity contribution in [1.29, 1.82) is 0 Å². The van der Waals surface area contributed by atoms with Crippen LogP contribution in [0.2, 0.25) is 0 Å². The standard InChI is InChI=1S/C17H21N3O4/c1-11(2)24-14-6-4-13(5-7-14)12(3)18-16(22)10-20-9-8-15(21)19-17(20)23/h4-9,11-12H,10H2,1-3H3,(H,18,22)(H,19,21,23)/t12-/m0/s1. The number of carbonyl (C=O) groups excluding carboxylic acids is 1. The second-order valence-electron chi connectivity index (χ2n) is 5.76. The van der Waals surface area contributed by atoms with Crippen LogP contribution in [-0.2, 0) is 11.3 Å². The average Bonchev–Trinajstić information content (AvgIpc) is 2.50. The first-order chi connectivity index (χ1) is 11.3. The molecule has 2 aromatic rings. The van der Waals surface area contributed by atoms with E-state index in [1.807, 2.05) is 45.0 Å². The number of nitrogens with one attached hydrogen (secondary N) is 2. The molecule has 0 aliphatic carbocycles. The van der Waals surface area contributed by atoms with Gasteiger partial charge in [-0.1, -0.05) is 12.1 Å². The fourth-order valence-electron chi connectivity index (χ4n) is 2.20. The summed E-state index contributed by atoms with van der Waals surface area (Å²) < 4.78 is 6.72. The zero-order valence-electron chi connectivity index (χ0n) is 13.9. The zero-order valence-corrected chi connectivity index (χ0v) is 13.9. The molecule has 2 N–H and O–H groups in total. The normalized spacial score (nSPS) is 12.0. The van der Waals surface area contributed by atoms with Crippen LogP contribution in [0.1, 0.15) is 32.4 Å². The number of rotatable bonds is 6. The summed E-state index contributed by atoms with van der Waals surface area (Å²) >= 11 is 0. The molecule has 0 aliphatic heterocycles. The Morgan fingerprint density at radius 2 is 1.83 bits per heavy atom. The van der Waals surface area contributed by atoms with Crippen LogP contribution in [0.4, 0.5) is 0 Å². The quantitative estimate of drug-likeness (QED) is 0.832. The highest BCUT2D eigenvalue weighted by atomic mass is 16.5. The molecule has 0 fully saturated rings. The van der Waals surface area contributed by atoms with Crippen molar-refractivity contribution in [3.63, 3.8) is 0 Å². The van der Waals surface area contributed by atoms with Gasteiger partial charge in [-0.05, 0) is 38.5 Å². The molecule has 128 valence electrons. The molecule has 0 spiro atoms. The van der Waals surface area contributed by atoms with E-state index in [0.717, 1.165) is 15.9 Å². The minimum Gasteiger partial charge on any atom is -0.491 e. The van der Waals surface area contributed by atoms with Gasteiger partial charge in [-0.2, -0.15) is 0 Å². The van der Waals surface area contributed by atoms with Gasteiger partial charge in [0.15, 0.2) is 0 Å². The molecule has 1 amide bonds. The Morgan fingerprint density at radius 3 is 2.42 bits per heavy atom. The van der Waals surface area contributed by atoms with Crippen LogP contribution in [0.5, 0.6) is 5.75 Å². The summed E-state index contributed by atoms with van der Waals surface area (Å²) in [5.74, 6) is 0.450. The molecule has 0 bridgehead atoms. The first-order valence-corrected chi connectivity index (χ1v) is 7.71. The molecule has 1 heterocycles. The van der Waals surface area contributed by atoms with Gasteiger partial charge in [0.1, 0.15) is 12.3 Å². The van der Waals surface area contributed by atoms with E-state index in [2.05, 4.69) is 10.3 Å². The van der Waals surface area contributed by atoms with Crippen molar-refractivity contribution in [2.45, 2.75) is 39.5 Å². The lowest BCUT2D eigenvalue weighted by Gasteiger charge is -2.16. The number of hydrogen-bond acceptors (Lipinski definition) is 4. The van der Waals surface area contributed by atoms with Gasteiger partial charge >= 0.3 is 5.69 Å². The number of nitrogens with zero attached hydrogens (tertiary/aromatic N) is 1. The SMILES string of the molecule is CC(C)Oc1ccc([C@H](C)NC(=O)Cn2ccc(=O)[nH]c2=O)cc1. The Labute approximate surface area is 139 Å². The Kier molecular flexibility index (Phi) is 5.57. The van der Waals surface area contributed by atoms with Crippen LogP contribution in [0.3, 0.4) is 0 Å². The molecule has 7 nitrogen and oxygen atoms in total. The van der Waals surface area contributed by atoms with E-state index in [0.29, 0.717) is 0 Å². The van der Waals surface area contributed by atoms with E-state index in [1.165, 1.54) is 12.3 Å². The Morgan fingerprint density at radius 1 is 1.17 bits per heavy atom. The molecule has 1 atom stereocenters. The molecule has 0 radical (unpaired) electrons. The lowest BCUT2D eigenvalue weighted by molar-refractivity contribution is -0.122. The van der Waals surface area contributed by atoms with Crippen molar-refractivity contribution in [1.82, 2.24) is 14.9 Å². The van der Waals surface area contributed by atoms with Crippen molar-refractivity contribution in [2.24, 2.45) is 0 Å².